The standard InChI is InChI=1S/C10H13NO6S3/c1-17-10(12)9-8(2-4-18-9)20(15,16)11-7-3-5-19(13,14)6-7/h2,4,7,11H,3,5-6H2,1H3. The van der Waals surface area contributed by atoms with Crippen LogP contribution in [0.1, 0.15) is 16.1 Å². The van der Waals surface area contributed by atoms with Gasteiger partial charge in [0, 0.05) is 6.04 Å². The normalized spacial score (nSPS) is 21.8. The Morgan fingerprint density at radius 3 is 2.75 bits per heavy atom. The van der Waals surface area contributed by atoms with Gasteiger partial charge in [0.1, 0.15) is 9.77 Å². The third-order valence-electron chi connectivity index (χ3n) is 2.84. The van der Waals surface area contributed by atoms with E-state index < -0.39 is 31.9 Å². The minimum atomic E-state index is -3.94. The molecule has 1 aliphatic rings. The smallest absolute Gasteiger partial charge is 0.349 e. The number of sulfonamides is 1. The molecule has 1 aliphatic heterocycles. The van der Waals surface area contributed by atoms with Gasteiger partial charge in [-0.3, -0.25) is 0 Å². The van der Waals surface area contributed by atoms with E-state index >= 15 is 0 Å². The lowest BCUT2D eigenvalue weighted by molar-refractivity contribution is 0.0602. The van der Waals surface area contributed by atoms with E-state index in [1.165, 1.54) is 11.4 Å². The van der Waals surface area contributed by atoms with Crippen LogP contribution >= 0.6 is 11.3 Å². The average molecular weight is 339 g/mol. The first-order chi connectivity index (χ1) is 9.25. The number of sulfone groups is 1. The summed E-state index contributed by atoms with van der Waals surface area (Å²) in [5.74, 6) is -0.989. The van der Waals surface area contributed by atoms with Crippen molar-refractivity contribution in [3.63, 3.8) is 0 Å². The van der Waals surface area contributed by atoms with Crippen LogP contribution in [0.25, 0.3) is 0 Å². The van der Waals surface area contributed by atoms with E-state index in [1.807, 2.05) is 0 Å². The molecule has 0 aliphatic carbocycles. The Morgan fingerprint density at radius 1 is 1.50 bits per heavy atom. The summed E-state index contributed by atoms with van der Waals surface area (Å²) in [5, 5.41) is 1.46. The first-order valence-corrected chi connectivity index (χ1v) is 9.82. The molecule has 2 rings (SSSR count). The second-order valence-corrected chi connectivity index (χ2v) is 9.15. The Bertz CT molecular complexity index is 718. The highest BCUT2D eigenvalue weighted by Crippen LogP contribution is 2.24. The molecule has 1 atom stereocenters. The average Bonchev–Trinajstić information content (AvgIpc) is 2.94. The molecule has 1 aromatic rings. The fourth-order valence-corrected chi connectivity index (χ4v) is 6.31. The highest BCUT2D eigenvalue weighted by Gasteiger charge is 2.33. The van der Waals surface area contributed by atoms with Crippen LogP contribution in [-0.4, -0.2) is 47.5 Å². The van der Waals surface area contributed by atoms with Crippen molar-refractivity contribution in [2.24, 2.45) is 0 Å². The van der Waals surface area contributed by atoms with Crippen LogP contribution < -0.4 is 4.72 Å². The van der Waals surface area contributed by atoms with Gasteiger partial charge in [-0.2, -0.15) is 0 Å². The number of carbonyl (C=O) groups excluding carboxylic acids is 1. The quantitative estimate of drug-likeness (QED) is 0.774. The maximum Gasteiger partial charge on any atom is 0.349 e. The molecule has 1 fully saturated rings. The molecule has 0 bridgehead atoms. The first-order valence-electron chi connectivity index (χ1n) is 5.64. The number of carbonyl (C=O) groups is 1. The lowest BCUT2D eigenvalue weighted by Gasteiger charge is -2.11. The Kier molecular flexibility index (Phi) is 4.19. The predicted octanol–water partition coefficient (Wildman–Crippen LogP) is 0.000100. The number of hydrogen-bond acceptors (Lipinski definition) is 7. The monoisotopic (exact) mass is 339 g/mol. The van der Waals surface area contributed by atoms with E-state index in [9.17, 15) is 21.6 Å². The highest BCUT2D eigenvalue weighted by molar-refractivity contribution is 7.92. The third-order valence-corrected chi connectivity index (χ3v) is 7.20. The summed E-state index contributed by atoms with van der Waals surface area (Å²) >= 11 is 0.955. The molecule has 0 saturated carbocycles. The van der Waals surface area contributed by atoms with E-state index in [0.717, 1.165) is 18.4 Å². The molecule has 1 N–H and O–H groups in total. The van der Waals surface area contributed by atoms with Crippen molar-refractivity contribution in [2.45, 2.75) is 17.4 Å². The molecule has 1 saturated heterocycles. The van der Waals surface area contributed by atoms with Gasteiger partial charge in [-0.1, -0.05) is 0 Å². The zero-order valence-corrected chi connectivity index (χ0v) is 13.0. The lowest BCUT2D eigenvalue weighted by Crippen LogP contribution is -2.36. The Labute approximate surface area is 120 Å². The topological polar surface area (TPSA) is 107 Å². The summed E-state index contributed by atoms with van der Waals surface area (Å²) in [6.07, 6.45) is 0.235. The molecule has 0 aromatic carbocycles. The number of rotatable bonds is 4. The van der Waals surface area contributed by atoms with Gasteiger partial charge in [0.15, 0.2) is 9.84 Å². The zero-order valence-electron chi connectivity index (χ0n) is 10.5. The number of thiophene rings is 1. The molecule has 2 heterocycles. The number of nitrogens with one attached hydrogen (secondary N) is 1. The molecule has 20 heavy (non-hydrogen) atoms. The molecular weight excluding hydrogens is 326 g/mol. The summed E-state index contributed by atoms with van der Waals surface area (Å²) in [4.78, 5) is 11.3. The predicted molar refractivity (Wildman–Crippen MR) is 73.0 cm³/mol. The van der Waals surface area contributed by atoms with Gasteiger partial charge in [0.05, 0.1) is 18.6 Å². The Hall–Kier alpha value is -0.970. The summed E-state index contributed by atoms with van der Waals surface area (Å²) in [6, 6.07) is 0.637. The van der Waals surface area contributed by atoms with E-state index in [0.29, 0.717) is 0 Å². The number of hydrogen-bond donors (Lipinski definition) is 1. The van der Waals surface area contributed by atoms with Crippen LogP contribution in [0.4, 0.5) is 0 Å². The van der Waals surface area contributed by atoms with Gasteiger partial charge < -0.3 is 4.74 Å². The second-order valence-electron chi connectivity index (χ2n) is 4.33. The van der Waals surface area contributed by atoms with Crippen LogP contribution in [0, 0.1) is 0 Å². The second kappa shape index (κ2) is 5.43. The van der Waals surface area contributed by atoms with Gasteiger partial charge in [-0.05, 0) is 17.9 Å². The Morgan fingerprint density at radius 2 is 2.20 bits per heavy atom. The number of ether oxygens (including phenoxy) is 1. The van der Waals surface area contributed by atoms with E-state index in [1.54, 1.807) is 0 Å². The molecule has 7 nitrogen and oxygen atoms in total. The van der Waals surface area contributed by atoms with Crippen molar-refractivity contribution >= 4 is 37.2 Å². The van der Waals surface area contributed by atoms with Crippen molar-refractivity contribution in [1.82, 2.24) is 4.72 Å². The SMILES string of the molecule is COC(=O)c1sccc1S(=O)(=O)NC1CCS(=O)(=O)C1. The molecule has 0 spiro atoms. The van der Waals surface area contributed by atoms with Crippen LogP contribution in [0.2, 0.25) is 0 Å². The summed E-state index contributed by atoms with van der Waals surface area (Å²) in [5.41, 5.74) is 0. The zero-order chi connectivity index (χ0) is 15.0. The van der Waals surface area contributed by atoms with Gasteiger partial charge in [0.2, 0.25) is 10.0 Å². The van der Waals surface area contributed by atoms with E-state index in [2.05, 4.69) is 9.46 Å². The van der Waals surface area contributed by atoms with Crippen LogP contribution in [0.15, 0.2) is 16.3 Å². The fourth-order valence-electron chi connectivity index (χ4n) is 1.92. The maximum atomic E-state index is 12.2. The summed E-state index contributed by atoms with van der Waals surface area (Å²) in [6.45, 7) is 0. The fraction of sp³-hybridized carbons (Fsp3) is 0.500. The molecule has 0 radical (unpaired) electrons. The van der Waals surface area contributed by atoms with Gasteiger partial charge in [-0.25, -0.2) is 26.4 Å². The molecule has 0 amide bonds. The maximum absolute atomic E-state index is 12.2. The van der Waals surface area contributed by atoms with Crippen molar-refractivity contribution in [3.05, 3.63) is 16.3 Å². The van der Waals surface area contributed by atoms with Crippen LogP contribution in [0.3, 0.4) is 0 Å². The van der Waals surface area contributed by atoms with E-state index in [-0.39, 0.29) is 27.7 Å². The van der Waals surface area contributed by atoms with Crippen molar-refractivity contribution in [3.8, 4) is 0 Å². The molecular formula is C10H13NO6S3. The van der Waals surface area contributed by atoms with Gasteiger partial charge in [-0.15, -0.1) is 11.3 Å². The summed E-state index contributed by atoms with van der Waals surface area (Å²) in [7, 11) is -5.96. The molecule has 112 valence electrons. The largest absolute Gasteiger partial charge is 0.465 e. The molecule has 10 heteroatoms. The first kappa shape index (κ1) is 15.4. The van der Waals surface area contributed by atoms with Crippen molar-refractivity contribution in [2.75, 3.05) is 18.6 Å². The number of methoxy groups -OCH3 is 1. The van der Waals surface area contributed by atoms with Crippen molar-refractivity contribution < 1.29 is 26.4 Å². The molecule has 1 aromatic heterocycles. The number of esters is 1. The highest BCUT2D eigenvalue weighted by atomic mass is 32.2. The minimum absolute atomic E-state index is 0.0270. The van der Waals surface area contributed by atoms with Crippen molar-refractivity contribution in [1.29, 1.82) is 0 Å². The lowest BCUT2D eigenvalue weighted by atomic mass is 10.3. The van der Waals surface area contributed by atoms with Crippen LogP contribution in [-0.2, 0) is 24.6 Å². The van der Waals surface area contributed by atoms with Crippen LogP contribution in [0.5, 0.6) is 0 Å². The minimum Gasteiger partial charge on any atom is -0.465 e. The Balaban J connectivity index is 2.24. The van der Waals surface area contributed by atoms with E-state index in [4.69, 9.17) is 0 Å². The summed E-state index contributed by atoms with van der Waals surface area (Å²) < 4.78 is 53.9. The van der Waals surface area contributed by atoms with Gasteiger partial charge in [0.25, 0.3) is 0 Å². The van der Waals surface area contributed by atoms with Gasteiger partial charge >= 0.3 is 5.97 Å². The third kappa shape index (κ3) is 3.19. The molecule has 1 unspecified atom stereocenters.